The van der Waals surface area contributed by atoms with E-state index in [4.69, 9.17) is 5.73 Å². The summed E-state index contributed by atoms with van der Waals surface area (Å²) in [6.07, 6.45) is -1.70. The summed E-state index contributed by atoms with van der Waals surface area (Å²) in [7, 11) is 1.68. The van der Waals surface area contributed by atoms with Crippen LogP contribution in [0, 0.1) is 11.8 Å². The van der Waals surface area contributed by atoms with Crippen molar-refractivity contribution in [3.05, 3.63) is 28.7 Å². The van der Waals surface area contributed by atoms with Crippen molar-refractivity contribution < 1.29 is 23.1 Å². The van der Waals surface area contributed by atoms with Gasteiger partial charge >= 0.3 is 6.18 Å². The second kappa shape index (κ2) is 5.82. The number of rotatable bonds is 3. The molecule has 0 spiro atoms. The highest BCUT2D eigenvalue weighted by Gasteiger charge is 2.51. The zero-order chi connectivity index (χ0) is 19.6. The number of alkyl halides is 3. The number of aldehydes is 1. The van der Waals surface area contributed by atoms with E-state index >= 15 is 0 Å². The van der Waals surface area contributed by atoms with Gasteiger partial charge in [0.1, 0.15) is 11.4 Å². The highest BCUT2D eigenvalue weighted by atomic mass is 19.4. The summed E-state index contributed by atoms with van der Waals surface area (Å²) in [5.74, 6) is 0.659. The van der Waals surface area contributed by atoms with E-state index < -0.39 is 17.5 Å². The van der Waals surface area contributed by atoms with E-state index in [-0.39, 0.29) is 23.4 Å². The maximum atomic E-state index is 12.8. The number of hydrogen-bond donors (Lipinski definition) is 3. The van der Waals surface area contributed by atoms with E-state index in [0.29, 0.717) is 49.0 Å². The van der Waals surface area contributed by atoms with Gasteiger partial charge in [-0.1, -0.05) is 0 Å². The molecule has 2 unspecified atom stereocenters. The summed E-state index contributed by atoms with van der Waals surface area (Å²) in [6.45, 7) is 0. The molecule has 7 nitrogen and oxygen atoms in total. The van der Waals surface area contributed by atoms with Crippen molar-refractivity contribution in [1.82, 2.24) is 20.0 Å². The van der Waals surface area contributed by atoms with E-state index in [1.54, 1.807) is 7.05 Å². The molecule has 0 aromatic carbocycles. The standard InChI is InChI=1S/C17H20F3N5O2/c1-25-15(21)11(7-26)14(24-25)8-2-9-5-16(27,6-10(9)3-8)12-4-13(23-22-12)17(18,19)20/h4,7-10,27H,2-3,5-6,21H2,1H3,(H,22,23). The van der Waals surface area contributed by atoms with E-state index in [1.165, 1.54) is 4.68 Å². The molecule has 4 rings (SSSR count). The number of nitrogens with two attached hydrogens (primary N) is 1. The van der Waals surface area contributed by atoms with E-state index in [1.807, 2.05) is 0 Å². The summed E-state index contributed by atoms with van der Waals surface area (Å²) >= 11 is 0. The van der Waals surface area contributed by atoms with Crippen LogP contribution in [0.5, 0.6) is 0 Å². The summed E-state index contributed by atoms with van der Waals surface area (Å²) in [6, 6.07) is 0.891. The molecule has 0 saturated heterocycles. The first-order chi connectivity index (χ1) is 12.6. The first-order valence-electron chi connectivity index (χ1n) is 8.75. The lowest BCUT2D eigenvalue weighted by Gasteiger charge is -2.23. The molecule has 0 radical (unpaired) electrons. The minimum absolute atomic E-state index is 0.0563. The van der Waals surface area contributed by atoms with Gasteiger partial charge in [0.05, 0.1) is 17.0 Å². The summed E-state index contributed by atoms with van der Waals surface area (Å²) in [5.41, 5.74) is 4.69. The molecule has 2 atom stereocenters. The Balaban J connectivity index is 1.52. The second-order valence-corrected chi connectivity index (χ2v) is 7.72. The molecule has 2 aromatic heterocycles. The number of nitrogens with zero attached hydrogens (tertiary/aromatic N) is 3. The van der Waals surface area contributed by atoms with Crippen LogP contribution in [0.1, 0.15) is 59.0 Å². The Morgan fingerprint density at radius 2 is 2.00 bits per heavy atom. The van der Waals surface area contributed by atoms with Crippen molar-refractivity contribution in [3.63, 3.8) is 0 Å². The Bertz CT molecular complexity index is 874. The van der Waals surface area contributed by atoms with Gasteiger partial charge in [0, 0.05) is 13.0 Å². The SMILES string of the molecule is Cn1nc(C2CC3CC(O)(c4cc(C(F)(F)F)n[nH]4)CC3C2)c(C=O)c1N. The largest absolute Gasteiger partial charge is 0.435 e. The van der Waals surface area contributed by atoms with Crippen LogP contribution >= 0.6 is 0 Å². The first kappa shape index (κ1) is 18.0. The van der Waals surface area contributed by atoms with Crippen molar-refractivity contribution in [3.8, 4) is 0 Å². The molecular formula is C17H20F3N5O2. The van der Waals surface area contributed by atoms with Gasteiger partial charge in [0.2, 0.25) is 0 Å². The summed E-state index contributed by atoms with van der Waals surface area (Å²) in [5, 5.41) is 20.9. The molecule has 0 amide bonds. The number of carbonyl (C=O) groups is 1. The number of carbonyl (C=O) groups excluding carboxylic acids is 1. The summed E-state index contributed by atoms with van der Waals surface area (Å²) in [4.78, 5) is 11.4. The predicted octanol–water partition coefficient (Wildman–Crippen LogP) is 2.35. The predicted molar refractivity (Wildman–Crippen MR) is 88.7 cm³/mol. The molecule has 27 heavy (non-hydrogen) atoms. The van der Waals surface area contributed by atoms with E-state index in [9.17, 15) is 23.1 Å². The molecule has 2 aliphatic rings. The fourth-order valence-electron chi connectivity index (χ4n) is 4.81. The maximum Gasteiger partial charge on any atom is 0.435 e. The van der Waals surface area contributed by atoms with Crippen molar-refractivity contribution in [2.75, 3.05) is 5.73 Å². The van der Waals surface area contributed by atoms with Crippen molar-refractivity contribution in [1.29, 1.82) is 0 Å². The summed E-state index contributed by atoms with van der Waals surface area (Å²) < 4.78 is 39.8. The van der Waals surface area contributed by atoms with Gasteiger partial charge in [-0.25, -0.2) is 0 Å². The number of nitrogens with one attached hydrogen (secondary N) is 1. The number of aliphatic hydroxyl groups is 1. The molecule has 2 saturated carbocycles. The average molecular weight is 383 g/mol. The van der Waals surface area contributed by atoms with Crippen LogP contribution in [0.4, 0.5) is 19.0 Å². The highest BCUT2D eigenvalue weighted by molar-refractivity contribution is 5.83. The lowest BCUT2D eigenvalue weighted by molar-refractivity contribution is -0.141. The third-order valence-corrected chi connectivity index (χ3v) is 6.07. The maximum absolute atomic E-state index is 12.8. The van der Waals surface area contributed by atoms with Gasteiger partial charge in [-0.2, -0.15) is 23.4 Å². The Labute approximate surface area is 152 Å². The van der Waals surface area contributed by atoms with E-state index in [0.717, 1.165) is 6.07 Å². The number of nitrogen functional groups attached to an aromatic ring is 1. The van der Waals surface area contributed by atoms with Crippen molar-refractivity contribution in [2.24, 2.45) is 18.9 Å². The molecular weight excluding hydrogens is 363 g/mol. The number of aromatic nitrogens is 4. The quantitative estimate of drug-likeness (QED) is 0.705. The number of aromatic amines is 1. The Kier molecular flexibility index (Phi) is 3.88. The number of hydrogen-bond acceptors (Lipinski definition) is 5. The molecule has 4 N–H and O–H groups in total. The minimum Gasteiger partial charge on any atom is -0.384 e. The van der Waals surface area contributed by atoms with Gasteiger partial charge in [0.15, 0.2) is 12.0 Å². The molecule has 0 aliphatic heterocycles. The zero-order valence-corrected chi connectivity index (χ0v) is 14.6. The minimum atomic E-state index is -4.55. The van der Waals surface area contributed by atoms with Gasteiger partial charge in [0.25, 0.3) is 0 Å². The second-order valence-electron chi connectivity index (χ2n) is 7.72. The highest BCUT2D eigenvalue weighted by Crippen LogP contribution is 2.56. The molecule has 0 bridgehead atoms. The van der Waals surface area contributed by atoms with Gasteiger partial charge < -0.3 is 10.8 Å². The van der Waals surface area contributed by atoms with Gasteiger partial charge in [-0.15, -0.1) is 0 Å². The molecule has 2 fully saturated rings. The van der Waals surface area contributed by atoms with Crippen LogP contribution in [0.15, 0.2) is 6.07 Å². The molecule has 146 valence electrons. The number of aryl methyl sites for hydroxylation is 1. The fraction of sp³-hybridized carbons (Fsp3) is 0.588. The van der Waals surface area contributed by atoms with E-state index in [2.05, 4.69) is 15.3 Å². The number of anilines is 1. The molecule has 10 heteroatoms. The van der Waals surface area contributed by atoms with Crippen LogP contribution < -0.4 is 5.73 Å². The monoisotopic (exact) mass is 383 g/mol. The topological polar surface area (TPSA) is 110 Å². The third kappa shape index (κ3) is 2.82. The van der Waals surface area contributed by atoms with Crippen molar-refractivity contribution in [2.45, 2.75) is 43.4 Å². The van der Waals surface area contributed by atoms with Crippen LogP contribution in [-0.4, -0.2) is 31.4 Å². The van der Waals surface area contributed by atoms with Crippen LogP contribution in [0.2, 0.25) is 0 Å². The fourth-order valence-corrected chi connectivity index (χ4v) is 4.81. The Morgan fingerprint density at radius 1 is 1.37 bits per heavy atom. The van der Waals surface area contributed by atoms with Crippen molar-refractivity contribution >= 4 is 12.1 Å². The number of fused-ring (bicyclic) bond motifs is 1. The molecule has 2 aromatic rings. The third-order valence-electron chi connectivity index (χ3n) is 6.07. The van der Waals surface area contributed by atoms with Gasteiger partial charge in [-0.3, -0.25) is 14.6 Å². The normalized spacial score (nSPS) is 30.6. The molecule has 2 heterocycles. The van der Waals surface area contributed by atoms with Crippen LogP contribution in [0.25, 0.3) is 0 Å². The smallest absolute Gasteiger partial charge is 0.384 e. The first-order valence-corrected chi connectivity index (χ1v) is 8.75. The van der Waals surface area contributed by atoms with Crippen LogP contribution in [-0.2, 0) is 18.8 Å². The number of halogens is 3. The lowest BCUT2D eigenvalue weighted by atomic mass is 9.90. The Morgan fingerprint density at radius 3 is 2.52 bits per heavy atom. The number of H-pyrrole nitrogens is 1. The Hall–Kier alpha value is -2.36. The van der Waals surface area contributed by atoms with Crippen LogP contribution in [0.3, 0.4) is 0 Å². The molecule has 2 aliphatic carbocycles. The average Bonchev–Trinajstić information content (AvgIpc) is 3.30. The zero-order valence-electron chi connectivity index (χ0n) is 14.6. The lowest BCUT2D eigenvalue weighted by Crippen LogP contribution is -2.23. The van der Waals surface area contributed by atoms with Gasteiger partial charge in [-0.05, 0) is 43.6 Å².